The van der Waals surface area contributed by atoms with Crippen molar-refractivity contribution in [2.45, 2.75) is 44.6 Å². The maximum absolute atomic E-state index is 11.0. The quantitative estimate of drug-likeness (QED) is 0.723. The van der Waals surface area contributed by atoms with Crippen LogP contribution in [-0.4, -0.2) is 23.3 Å². The molecule has 0 spiro atoms. The van der Waals surface area contributed by atoms with Gasteiger partial charge in [0.2, 0.25) is 0 Å². The summed E-state index contributed by atoms with van der Waals surface area (Å²) in [5.41, 5.74) is -1.30. The van der Waals surface area contributed by atoms with E-state index in [-0.39, 0.29) is 11.0 Å². The molecular formula is C13H18O3. The lowest BCUT2D eigenvalue weighted by molar-refractivity contribution is -0.127. The lowest BCUT2D eigenvalue weighted by Gasteiger charge is -2.46. The molecule has 2 aliphatic rings. The highest BCUT2D eigenvalue weighted by molar-refractivity contribution is 5.87. The Morgan fingerprint density at radius 2 is 2.19 bits per heavy atom. The molecule has 2 rings (SSSR count). The normalized spacial score (nSPS) is 43.1. The second-order valence-electron chi connectivity index (χ2n) is 5.41. The number of carbonyl (C=O) groups is 2. The lowest BCUT2D eigenvalue weighted by atomic mass is 9.59. The van der Waals surface area contributed by atoms with E-state index in [1.807, 2.05) is 6.08 Å². The van der Waals surface area contributed by atoms with E-state index in [2.05, 4.69) is 6.92 Å². The molecule has 0 aromatic rings. The fourth-order valence-electron chi connectivity index (χ4n) is 3.18. The van der Waals surface area contributed by atoms with Gasteiger partial charge in [-0.05, 0) is 30.6 Å². The van der Waals surface area contributed by atoms with E-state index in [4.69, 9.17) is 0 Å². The zero-order valence-corrected chi connectivity index (χ0v) is 9.61. The van der Waals surface area contributed by atoms with Gasteiger partial charge in [-0.25, -0.2) is 0 Å². The molecule has 88 valence electrons. The standard InChI is InChI=1S/C13H18O3/c1-12-5-3-2-4-10(12)7-13(16,9-15)11(6-12)8-14/h6,8-10,16H,2-5,7H2,1H3/t10-,12+,13-/m0/s1. The first kappa shape index (κ1) is 11.5. The van der Waals surface area contributed by atoms with E-state index in [0.29, 0.717) is 24.9 Å². The minimum atomic E-state index is -1.54. The maximum Gasteiger partial charge on any atom is 0.156 e. The summed E-state index contributed by atoms with van der Waals surface area (Å²) in [6.45, 7) is 2.13. The van der Waals surface area contributed by atoms with Gasteiger partial charge in [-0.1, -0.05) is 25.8 Å². The van der Waals surface area contributed by atoms with Crippen molar-refractivity contribution in [3.8, 4) is 0 Å². The van der Waals surface area contributed by atoms with Gasteiger partial charge >= 0.3 is 0 Å². The van der Waals surface area contributed by atoms with Gasteiger partial charge in [0, 0.05) is 5.57 Å². The van der Waals surface area contributed by atoms with Gasteiger partial charge in [0.25, 0.3) is 0 Å². The molecule has 0 aromatic carbocycles. The minimum absolute atomic E-state index is 0.0102. The molecule has 0 aromatic heterocycles. The number of fused-ring (bicyclic) bond motifs is 1. The average molecular weight is 222 g/mol. The van der Waals surface area contributed by atoms with Crippen LogP contribution in [0.3, 0.4) is 0 Å². The molecule has 1 fully saturated rings. The Hall–Kier alpha value is -0.960. The molecule has 3 atom stereocenters. The minimum Gasteiger partial charge on any atom is -0.377 e. The highest BCUT2D eigenvalue weighted by Gasteiger charge is 2.47. The summed E-state index contributed by atoms with van der Waals surface area (Å²) in [5.74, 6) is 0.320. The molecule has 2 aliphatic carbocycles. The van der Waals surface area contributed by atoms with Gasteiger partial charge in [-0.3, -0.25) is 9.59 Å². The summed E-state index contributed by atoms with van der Waals surface area (Å²) in [6.07, 6.45) is 7.78. The smallest absolute Gasteiger partial charge is 0.156 e. The predicted octanol–water partition coefficient (Wildman–Crippen LogP) is 1.64. The first-order valence-corrected chi connectivity index (χ1v) is 5.91. The Morgan fingerprint density at radius 3 is 2.81 bits per heavy atom. The predicted molar refractivity (Wildman–Crippen MR) is 59.8 cm³/mol. The van der Waals surface area contributed by atoms with Crippen molar-refractivity contribution >= 4 is 12.6 Å². The molecule has 3 heteroatoms. The van der Waals surface area contributed by atoms with Crippen molar-refractivity contribution in [2.75, 3.05) is 0 Å². The highest BCUT2D eigenvalue weighted by Crippen LogP contribution is 2.50. The van der Waals surface area contributed by atoms with Crippen LogP contribution >= 0.6 is 0 Å². The molecule has 1 saturated carbocycles. The second kappa shape index (κ2) is 3.81. The number of carbonyl (C=O) groups excluding carboxylic acids is 2. The third-order valence-corrected chi connectivity index (χ3v) is 4.32. The van der Waals surface area contributed by atoms with Gasteiger partial charge in [0.05, 0.1) is 0 Å². The summed E-state index contributed by atoms with van der Waals surface area (Å²) in [5, 5.41) is 10.1. The molecule has 0 unspecified atom stereocenters. The molecule has 0 amide bonds. The lowest BCUT2D eigenvalue weighted by Crippen LogP contribution is -2.46. The number of hydrogen-bond donors (Lipinski definition) is 1. The summed E-state index contributed by atoms with van der Waals surface area (Å²) in [6, 6.07) is 0. The number of allylic oxidation sites excluding steroid dienone is 1. The molecule has 16 heavy (non-hydrogen) atoms. The fourth-order valence-corrected chi connectivity index (χ4v) is 3.18. The average Bonchev–Trinajstić information content (AvgIpc) is 2.29. The Morgan fingerprint density at radius 1 is 1.44 bits per heavy atom. The van der Waals surface area contributed by atoms with E-state index in [1.165, 1.54) is 0 Å². The molecule has 0 aliphatic heterocycles. The summed E-state index contributed by atoms with van der Waals surface area (Å²) in [4.78, 5) is 21.9. The monoisotopic (exact) mass is 222 g/mol. The molecule has 3 nitrogen and oxygen atoms in total. The molecular weight excluding hydrogens is 204 g/mol. The van der Waals surface area contributed by atoms with E-state index in [0.717, 1.165) is 25.7 Å². The van der Waals surface area contributed by atoms with Crippen LogP contribution in [0.15, 0.2) is 11.6 Å². The van der Waals surface area contributed by atoms with E-state index >= 15 is 0 Å². The largest absolute Gasteiger partial charge is 0.377 e. The van der Waals surface area contributed by atoms with Gasteiger partial charge in [0.1, 0.15) is 11.9 Å². The third-order valence-electron chi connectivity index (χ3n) is 4.32. The Kier molecular flexibility index (Phi) is 2.74. The van der Waals surface area contributed by atoms with Gasteiger partial charge in [-0.2, -0.15) is 0 Å². The molecule has 0 bridgehead atoms. The first-order valence-electron chi connectivity index (χ1n) is 5.91. The van der Waals surface area contributed by atoms with Crippen LogP contribution in [0.2, 0.25) is 0 Å². The van der Waals surface area contributed by atoms with Gasteiger partial charge in [-0.15, -0.1) is 0 Å². The van der Waals surface area contributed by atoms with Crippen LogP contribution < -0.4 is 0 Å². The van der Waals surface area contributed by atoms with Crippen LogP contribution in [0, 0.1) is 11.3 Å². The van der Waals surface area contributed by atoms with E-state index in [1.54, 1.807) is 0 Å². The van der Waals surface area contributed by atoms with Crippen molar-refractivity contribution in [1.82, 2.24) is 0 Å². The van der Waals surface area contributed by atoms with Crippen LogP contribution in [0.25, 0.3) is 0 Å². The summed E-state index contributed by atoms with van der Waals surface area (Å²) < 4.78 is 0. The van der Waals surface area contributed by atoms with Gasteiger partial charge < -0.3 is 5.11 Å². The van der Waals surface area contributed by atoms with Crippen molar-refractivity contribution in [1.29, 1.82) is 0 Å². The van der Waals surface area contributed by atoms with Crippen LogP contribution in [0.1, 0.15) is 39.0 Å². The van der Waals surface area contributed by atoms with Crippen LogP contribution in [0.5, 0.6) is 0 Å². The van der Waals surface area contributed by atoms with Crippen LogP contribution in [0.4, 0.5) is 0 Å². The van der Waals surface area contributed by atoms with Crippen molar-refractivity contribution in [3.63, 3.8) is 0 Å². The van der Waals surface area contributed by atoms with Crippen LogP contribution in [-0.2, 0) is 9.59 Å². The Balaban J connectivity index is 2.42. The summed E-state index contributed by atoms with van der Waals surface area (Å²) >= 11 is 0. The maximum atomic E-state index is 11.0. The molecule has 0 heterocycles. The zero-order valence-electron chi connectivity index (χ0n) is 9.61. The number of aldehydes is 2. The Labute approximate surface area is 95.5 Å². The number of aliphatic hydroxyl groups is 1. The van der Waals surface area contributed by atoms with Gasteiger partial charge in [0.15, 0.2) is 6.29 Å². The Bertz CT molecular complexity index is 347. The highest BCUT2D eigenvalue weighted by atomic mass is 16.3. The third kappa shape index (κ3) is 1.63. The SMILES string of the molecule is C[C@@]12C=C(C=O)[C@@](O)(C=O)C[C@@H]1CCCC2. The van der Waals surface area contributed by atoms with Crippen molar-refractivity contribution in [3.05, 3.63) is 11.6 Å². The van der Waals surface area contributed by atoms with E-state index < -0.39 is 5.60 Å². The van der Waals surface area contributed by atoms with Crippen molar-refractivity contribution in [2.24, 2.45) is 11.3 Å². The second-order valence-corrected chi connectivity index (χ2v) is 5.41. The number of hydrogen-bond acceptors (Lipinski definition) is 3. The zero-order chi connectivity index (χ0) is 11.8. The topological polar surface area (TPSA) is 54.4 Å². The number of rotatable bonds is 2. The molecule has 0 saturated heterocycles. The van der Waals surface area contributed by atoms with E-state index in [9.17, 15) is 14.7 Å². The molecule has 1 N–H and O–H groups in total. The fraction of sp³-hybridized carbons (Fsp3) is 0.692. The molecule has 0 radical (unpaired) electrons. The summed E-state index contributed by atoms with van der Waals surface area (Å²) in [7, 11) is 0. The van der Waals surface area contributed by atoms with Crippen molar-refractivity contribution < 1.29 is 14.7 Å². The first-order chi connectivity index (χ1) is 7.54.